The molecule has 1 heterocycles. The number of carbonyl (C=O) groups excluding carboxylic acids is 1. The molecule has 3 rings (SSSR count). The number of fused-ring (bicyclic) bond motifs is 1. The standard InChI is InChI=1S/C18H19NO/c1-12(2)13-3-5-14(6-4-13)15-7-9-17-16(11-15)8-10-18(20)19-17/h3-7,9,11-12H,8,10H2,1-2H3,(H,19,20). The van der Waals surface area contributed by atoms with Crippen molar-refractivity contribution in [3.63, 3.8) is 0 Å². The second kappa shape index (κ2) is 5.12. The molecule has 1 N–H and O–H groups in total. The molecule has 0 saturated carbocycles. The molecule has 2 nitrogen and oxygen atoms in total. The molecule has 2 aromatic rings. The number of nitrogens with one attached hydrogen (secondary N) is 1. The molecule has 0 unspecified atom stereocenters. The van der Waals surface area contributed by atoms with Crippen LogP contribution in [0.3, 0.4) is 0 Å². The second-order valence-corrected chi connectivity index (χ2v) is 5.70. The molecule has 0 aromatic heterocycles. The van der Waals surface area contributed by atoms with E-state index < -0.39 is 0 Å². The lowest BCUT2D eigenvalue weighted by molar-refractivity contribution is -0.116. The summed E-state index contributed by atoms with van der Waals surface area (Å²) in [5.41, 5.74) is 6.00. The smallest absolute Gasteiger partial charge is 0.224 e. The van der Waals surface area contributed by atoms with Crippen LogP contribution in [0.15, 0.2) is 42.5 Å². The summed E-state index contributed by atoms with van der Waals surface area (Å²) in [5, 5.41) is 2.92. The zero-order chi connectivity index (χ0) is 14.1. The molecule has 20 heavy (non-hydrogen) atoms. The monoisotopic (exact) mass is 265 g/mol. The molecule has 102 valence electrons. The van der Waals surface area contributed by atoms with E-state index in [-0.39, 0.29) is 5.91 Å². The maximum atomic E-state index is 11.4. The Bertz CT molecular complexity index is 641. The number of hydrogen-bond donors (Lipinski definition) is 1. The Morgan fingerprint density at radius 3 is 2.35 bits per heavy atom. The second-order valence-electron chi connectivity index (χ2n) is 5.70. The maximum Gasteiger partial charge on any atom is 0.224 e. The Kier molecular flexibility index (Phi) is 3.31. The van der Waals surface area contributed by atoms with Gasteiger partial charge in [0.2, 0.25) is 5.91 Å². The van der Waals surface area contributed by atoms with Gasteiger partial charge in [0.05, 0.1) is 0 Å². The largest absolute Gasteiger partial charge is 0.326 e. The van der Waals surface area contributed by atoms with E-state index >= 15 is 0 Å². The van der Waals surface area contributed by atoms with Crippen molar-refractivity contribution >= 4 is 11.6 Å². The summed E-state index contributed by atoms with van der Waals surface area (Å²) in [6, 6.07) is 15.0. The molecule has 0 spiro atoms. The fraction of sp³-hybridized carbons (Fsp3) is 0.278. The predicted octanol–water partition coefficient (Wildman–Crippen LogP) is 4.36. The van der Waals surface area contributed by atoms with E-state index in [2.05, 4.69) is 55.6 Å². The van der Waals surface area contributed by atoms with E-state index in [0.717, 1.165) is 12.1 Å². The first-order valence-electron chi connectivity index (χ1n) is 7.16. The summed E-state index contributed by atoms with van der Waals surface area (Å²) in [6.45, 7) is 4.41. The highest BCUT2D eigenvalue weighted by Crippen LogP contribution is 2.29. The normalized spacial score (nSPS) is 14.1. The van der Waals surface area contributed by atoms with Crippen molar-refractivity contribution in [2.24, 2.45) is 0 Å². The van der Waals surface area contributed by atoms with E-state index in [4.69, 9.17) is 0 Å². The van der Waals surface area contributed by atoms with Crippen LogP contribution < -0.4 is 5.32 Å². The molecule has 0 fully saturated rings. The number of amides is 1. The first kappa shape index (κ1) is 12.9. The minimum Gasteiger partial charge on any atom is -0.326 e. The summed E-state index contributed by atoms with van der Waals surface area (Å²) in [5.74, 6) is 0.675. The Balaban J connectivity index is 1.92. The fourth-order valence-electron chi connectivity index (χ4n) is 2.62. The van der Waals surface area contributed by atoms with Crippen molar-refractivity contribution in [1.29, 1.82) is 0 Å². The van der Waals surface area contributed by atoms with E-state index in [1.807, 2.05) is 6.07 Å². The van der Waals surface area contributed by atoms with Crippen molar-refractivity contribution in [2.45, 2.75) is 32.6 Å². The SMILES string of the molecule is CC(C)c1ccc(-c2ccc3c(c2)CCC(=O)N3)cc1. The van der Waals surface area contributed by atoms with Crippen LogP contribution >= 0.6 is 0 Å². The first-order chi connectivity index (χ1) is 9.63. The highest BCUT2D eigenvalue weighted by Gasteiger charge is 2.15. The lowest BCUT2D eigenvalue weighted by Crippen LogP contribution is -2.18. The zero-order valence-electron chi connectivity index (χ0n) is 11.9. The highest BCUT2D eigenvalue weighted by molar-refractivity contribution is 5.94. The molecule has 0 radical (unpaired) electrons. The summed E-state index contributed by atoms with van der Waals surface area (Å²) < 4.78 is 0. The fourth-order valence-corrected chi connectivity index (χ4v) is 2.62. The number of anilines is 1. The summed E-state index contributed by atoms with van der Waals surface area (Å²) >= 11 is 0. The van der Waals surface area contributed by atoms with Crippen molar-refractivity contribution < 1.29 is 4.79 Å². The van der Waals surface area contributed by atoms with Gasteiger partial charge < -0.3 is 5.32 Å². The lowest BCUT2D eigenvalue weighted by Gasteiger charge is -2.17. The molecule has 1 aliphatic rings. The van der Waals surface area contributed by atoms with Gasteiger partial charge in [-0.2, -0.15) is 0 Å². The maximum absolute atomic E-state index is 11.4. The van der Waals surface area contributed by atoms with E-state index in [1.54, 1.807) is 0 Å². The van der Waals surface area contributed by atoms with E-state index in [1.165, 1.54) is 22.3 Å². The number of carbonyl (C=O) groups is 1. The zero-order valence-corrected chi connectivity index (χ0v) is 11.9. The van der Waals surface area contributed by atoms with Crippen LogP contribution in [0.2, 0.25) is 0 Å². The third-order valence-corrected chi connectivity index (χ3v) is 3.91. The Morgan fingerprint density at radius 2 is 1.65 bits per heavy atom. The molecule has 1 aliphatic heterocycles. The molecular formula is C18H19NO. The lowest BCUT2D eigenvalue weighted by atomic mass is 9.95. The van der Waals surface area contributed by atoms with Gasteiger partial charge >= 0.3 is 0 Å². The van der Waals surface area contributed by atoms with E-state index in [9.17, 15) is 4.79 Å². The van der Waals surface area contributed by atoms with Crippen LogP contribution in [0, 0.1) is 0 Å². The Morgan fingerprint density at radius 1 is 0.950 bits per heavy atom. The summed E-state index contributed by atoms with van der Waals surface area (Å²) in [7, 11) is 0. The third kappa shape index (κ3) is 2.46. The summed E-state index contributed by atoms with van der Waals surface area (Å²) in [4.78, 5) is 11.4. The molecule has 2 aromatic carbocycles. The Hall–Kier alpha value is -2.09. The molecule has 0 bridgehead atoms. The van der Waals surface area contributed by atoms with Crippen LogP contribution in [0.25, 0.3) is 11.1 Å². The van der Waals surface area contributed by atoms with E-state index in [0.29, 0.717) is 12.3 Å². The van der Waals surface area contributed by atoms with Gasteiger partial charge in [-0.05, 0) is 46.7 Å². The number of benzene rings is 2. The van der Waals surface area contributed by atoms with Gasteiger partial charge in [0.1, 0.15) is 0 Å². The average molecular weight is 265 g/mol. The van der Waals surface area contributed by atoms with Gasteiger partial charge in [-0.3, -0.25) is 4.79 Å². The molecule has 1 amide bonds. The number of hydrogen-bond acceptors (Lipinski definition) is 1. The van der Waals surface area contributed by atoms with Crippen molar-refractivity contribution in [2.75, 3.05) is 5.32 Å². The number of aryl methyl sites for hydroxylation is 1. The van der Waals surface area contributed by atoms with Gasteiger partial charge in [0.15, 0.2) is 0 Å². The van der Waals surface area contributed by atoms with Crippen LogP contribution in [-0.2, 0) is 11.2 Å². The van der Waals surface area contributed by atoms with Crippen LogP contribution in [-0.4, -0.2) is 5.91 Å². The van der Waals surface area contributed by atoms with Crippen LogP contribution in [0.5, 0.6) is 0 Å². The molecule has 0 atom stereocenters. The van der Waals surface area contributed by atoms with Gasteiger partial charge in [0.25, 0.3) is 0 Å². The van der Waals surface area contributed by atoms with Gasteiger partial charge in [-0.15, -0.1) is 0 Å². The quantitative estimate of drug-likeness (QED) is 0.858. The van der Waals surface area contributed by atoms with Gasteiger partial charge in [0, 0.05) is 12.1 Å². The first-order valence-corrected chi connectivity index (χ1v) is 7.16. The van der Waals surface area contributed by atoms with Gasteiger partial charge in [-0.1, -0.05) is 44.2 Å². The highest BCUT2D eigenvalue weighted by atomic mass is 16.1. The summed E-state index contributed by atoms with van der Waals surface area (Å²) in [6.07, 6.45) is 1.42. The van der Waals surface area contributed by atoms with Crippen molar-refractivity contribution in [3.05, 3.63) is 53.6 Å². The predicted molar refractivity (Wildman–Crippen MR) is 82.9 cm³/mol. The molecule has 2 heteroatoms. The number of rotatable bonds is 2. The van der Waals surface area contributed by atoms with Crippen LogP contribution in [0.1, 0.15) is 37.3 Å². The van der Waals surface area contributed by atoms with Gasteiger partial charge in [-0.25, -0.2) is 0 Å². The minimum atomic E-state index is 0.117. The van der Waals surface area contributed by atoms with Crippen molar-refractivity contribution in [3.8, 4) is 11.1 Å². The third-order valence-electron chi connectivity index (χ3n) is 3.91. The van der Waals surface area contributed by atoms with Crippen molar-refractivity contribution in [1.82, 2.24) is 0 Å². The topological polar surface area (TPSA) is 29.1 Å². The minimum absolute atomic E-state index is 0.117. The van der Waals surface area contributed by atoms with Crippen LogP contribution in [0.4, 0.5) is 5.69 Å². The molecule has 0 saturated heterocycles. The molecule has 0 aliphatic carbocycles. The Labute approximate surface area is 119 Å². The average Bonchev–Trinajstić information content (AvgIpc) is 2.47. The molecular weight excluding hydrogens is 246 g/mol.